The molecule has 0 aromatic heterocycles. The maximum atomic E-state index is 10.9. The predicted molar refractivity (Wildman–Crippen MR) is 45.8 cm³/mol. The molecule has 0 amide bonds. The van der Waals surface area contributed by atoms with E-state index in [1.807, 2.05) is 6.92 Å². The third-order valence-corrected chi connectivity index (χ3v) is 1.89. The lowest BCUT2D eigenvalue weighted by Crippen LogP contribution is -2.12. The zero-order valence-electron chi connectivity index (χ0n) is 7.10. The smallest absolute Gasteiger partial charge is 0.308 e. The fourth-order valence-electron chi connectivity index (χ4n) is 0.864. The molecule has 0 saturated heterocycles. The summed E-state index contributed by atoms with van der Waals surface area (Å²) >= 11 is 5.48. The molecule has 2 nitrogen and oxygen atoms in total. The molecular formula is C8H15ClO2. The van der Waals surface area contributed by atoms with E-state index in [1.54, 1.807) is 0 Å². The van der Waals surface area contributed by atoms with Crippen LogP contribution in [-0.2, 0) is 9.53 Å². The molecule has 3 heteroatoms. The van der Waals surface area contributed by atoms with E-state index in [4.69, 9.17) is 11.6 Å². The van der Waals surface area contributed by atoms with Gasteiger partial charge in [0.2, 0.25) is 0 Å². The Kier molecular flexibility index (Phi) is 6.33. The molecule has 0 saturated carbocycles. The van der Waals surface area contributed by atoms with Gasteiger partial charge in [0.05, 0.1) is 13.0 Å². The number of esters is 1. The molecule has 0 N–H and O–H groups in total. The monoisotopic (exact) mass is 178 g/mol. The second-order valence-corrected chi connectivity index (χ2v) is 2.99. The molecule has 1 unspecified atom stereocenters. The van der Waals surface area contributed by atoms with Crippen LogP contribution in [0.4, 0.5) is 0 Å². The minimum atomic E-state index is -0.125. The van der Waals surface area contributed by atoms with Gasteiger partial charge < -0.3 is 4.74 Å². The highest BCUT2D eigenvalue weighted by Gasteiger charge is 2.11. The van der Waals surface area contributed by atoms with Crippen LogP contribution in [0.1, 0.15) is 26.2 Å². The zero-order chi connectivity index (χ0) is 8.69. The number of ether oxygens (including phenoxy) is 1. The van der Waals surface area contributed by atoms with E-state index in [0.717, 1.165) is 19.3 Å². The number of rotatable bonds is 5. The van der Waals surface area contributed by atoms with Crippen molar-refractivity contribution in [3.63, 3.8) is 0 Å². The molecule has 0 aliphatic carbocycles. The Balaban J connectivity index is 3.36. The quantitative estimate of drug-likeness (QED) is 0.367. The summed E-state index contributed by atoms with van der Waals surface area (Å²) in [6, 6.07) is 0. The largest absolute Gasteiger partial charge is 0.469 e. The molecule has 0 aromatic rings. The summed E-state index contributed by atoms with van der Waals surface area (Å²) in [6.07, 6.45) is 2.85. The molecule has 0 radical (unpaired) electrons. The number of methoxy groups -OCH3 is 1. The van der Waals surface area contributed by atoms with Crippen LogP contribution in [0.2, 0.25) is 0 Å². The molecule has 1 atom stereocenters. The minimum absolute atomic E-state index is 0.0169. The van der Waals surface area contributed by atoms with Crippen molar-refractivity contribution in [3.05, 3.63) is 0 Å². The van der Waals surface area contributed by atoms with E-state index in [-0.39, 0.29) is 11.9 Å². The summed E-state index contributed by atoms with van der Waals surface area (Å²) < 4.78 is 4.57. The Morgan fingerprint density at radius 3 is 2.64 bits per heavy atom. The Hall–Kier alpha value is -0.240. The van der Waals surface area contributed by atoms with E-state index in [9.17, 15) is 4.79 Å². The fraction of sp³-hybridized carbons (Fsp3) is 0.875. The topological polar surface area (TPSA) is 26.3 Å². The number of halogens is 1. The second kappa shape index (κ2) is 6.47. The average Bonchev–Trinajstić information content (AvgIpc) is 2.03. The first-order chi connectivity index (χ1) is 5.22. The van der Waals surface area contributed by atoms with Crippen LogP contribution in [0, 0.1) is 5.92 Å². The highest BCUT2D eigenvalue weighted by atomic mass is 35.5. The number of carbonyl (C=O) groups excluding carboxylic acids is 1. The van der Waals surface area contributed by atoms with Crippen molar-refractivity contribution < 1.29 is 9.53 Å². The van der Waals surface area contributed by atoms with Gasteiger partial charge in [0.25, 0.3) is 0 Å². The van der Waals surface area contributed by atoms with Gasteiger partial charge in [-0.15, -0.1) is 11.6 Å². The molecular weight excluding hydrogens is 164 g/mol. The normalized spacial score (nSPS) is 12.6. The first-order valence-electron chi connectivity index (χ1n) is 3.86. The fourth-order valence-corrected chi connectivity index (χ4v) is 1.05. The third kappa shape index (κ3) is 5.08. The number of hydrogen-bond donors (Lipinski definition) is 0. The van der Waals surface area contributed by atoms with E-state index >= 15 is 0 Å². The summed E-state index contributed by atoms with van der Waals surface area (Å²) in [5.41, 5.74) is 0. The van der Waals surface area contributed by atoms with Crippen molar-refractivity contribution in [2.45, 2.75) is 26.2 Å². The minimum Gasteiger partial charge on any atom is -0.469 e. The van der Waals surface area contributed by atoms with Gasteiger partial charge >= 0.3 is 5.97 Å². The van der Waals surface area contributed by atoms with Crippen LogP contribution in [0.25, 0.3) is 0 Å². The van der Waals surface area contributed by atoms with Crippen molar-refractivity contribution in [1.82, 2.24) is 0 Å². The SMILES string of the molecule is COC(=O)C(C)CCCCCl. The molecule has 0 bridgehead atoms. The number of hydrogen-bond acceptors (Lipinski definition) is 2. The second-order valence-electron chi connectivity index (χ2n) is 2.61. The lowest BCUT2D eigenvalue weighted by Gasteiger charge is -2.06. The molecule has 0 heterocycles. The van der Waals surface area contributed by atoms with Gasteiger partial charge in [-0.2, -0.15) is 0 Å². The Bertz CT molecular complexity index is 115. The van der Waals surface area contributed by atoms with E-state index in [0.29, 0.717) is 5.88 Å². The van der Waals surface area contributed by atoms with Gasteiger partial charge in [-0.3, -0.25) is 4.79 Å². The molecule has 66 valence electrons. The van der Waals surface area contributed by atoms with Crippen molar-refractivity contribution in [2.24, 2.45) is 5.92 Å². The van der Waals surface area contributed by atoms with Crippen LogP contribution < -0.4 is 0 Å². The summed E-state index contributed by atoms with van der Waals surface area (Å²) in [5, 5.41) is 0. The average molecular weight is 179 g/mol. The van der Waals surface area contributed by atoms with Crippen LogP contribution >= 0.6 is 11.6 Å². The molecule has 0 aliphatic heterocycles. The molecule has 0 rings (SSSR count). The summed E-state index contributed by atoms with van der Waals surface area (Å²) in [4.78, 5) is 10.9. The third-order valence-electron chi connectivity index (χ3n) is 1.62. The maximum Gasteiger partial charge on any atom is 0.308 e. The van der Waals surface area contributed by atoms with Crippen LogP contribution in [0.3, 0.4) is 0 Å². The van der Waals surface area contributed by atoms with Crippen LogP contribution in [-0.4, -0.2) is 19.0 Å². The van der Waals surface area contributed by atoms with Crippen LogP contribution in [0.5, 0.6) is 0 Å². The Labute approximate surface area is 72.9 Å². The van der Waals surface area contributed by atoms with Gasteiger partial charge in [0.15, 0.2) is 0 Å². The predicted octanol–water partition coefficient (Wildman–Crippen LogP) is 2.20. The molecule has 11 heavy (non-hydrogen) atoms. The first kappa shape index (κ1) is 10.8. The Morgan fingerprint density at radius 1 is 1.55 bits per heavy atom. The number of carbonyl (C=O) groups is 1. The van der Waals surface area contributed by atoms with Crippen molar-refractivity contribution in [2.75, 3.05) is 13.0 Å². The molecule has 0 fully saturated rings. The summed E-state index contributed by atoms with van der Waals surface area (Å²) in [6.45, 7) is 1.88. The van der Waals surface area contributed by atoms with Gasteiger partial charge in [-0.25, -0.2) is 0 Å². The van der Waals surface area contributed by atoms with Crippen molar-refractivity contribution >= 4 is 17.6 Å². The van der Waals surface area contributed by atoms with E-state index < -0.39 is 0 Å². The van der Waals surface area contributed by atoms with E-state index in [1.165, 1.54) is 7.11 Å². The molecule has 0 spiro atoms. The van der Waals surface area contributed by atoms with Crippen LogP contribution in [0.15, 0.2) is 0 Å². The lowest BCUT2D eigenvalue weighted by atomic mass is 10.1. The maximum absolute atomic E-state index is 10.9. The van der Waals surface area contributed by atoms with E-state index in [2.05, 4.69) is 4.74 Å². The van der Waals surface area contributed by atoms with Gasteiger partial charge in [-0.05, 0) is 12.8 Å². The van der Waals surface area contributed by atoms with Crippen molar-refractivity contribution in [1.29, 1.82) is 0 Å². The number of alkyl halides is 1. The molecule has 0 aromatic carbocycles. The standard InChI is InChI=1S/C8H15ClO2/c1-7(8(10)11-2)5-3-4-6-9/h7H,3-6H2,1-2H3. The summed E-state index contributed by atoms with van der Waals surface area (Å²) in [5.74, 6) is 0.566. The number of unbranched alkanes of at least 4 members (excludes halogenated alkanes) is 1. The molecule has 0 aliphatic rings. The lowest BCUT2D eigenvalue weighted by molar-refractivity contribution is -0.145. The van der Waals surface area contributed by atoms with Gasteiger partial charge in [0, 0.05) is 5.88 Å². The Morgan fingerprint density at radius 2 is 2.18 bits per heavy atom. The highest BCUT2D eigenvalue weighted by Crippen LogP contribution is 2.09. The van der Waals surface area contributed by atoms with Gasteiger partial charge in [-0.1, -0.05) is 13.3 Å². The summed E-state index contributed by atoms with van der Waals surface area (Å²) in [7, 11) is 1.42. The highest BCUT2D eigenvalue weighted by molar-refractivity contribution is 6.17. The van der Waals surface area contributed by atoms with Crippen molar-refractivity contribution in [3.8, 4) is 0 Å². The zero-order valence-corrected chi connectivity index (χ0v) is 7.86. The first-order valence-corrected chi connectivity index (χ1v) is 4.39. The van der Waals surface area contributed by atoms with Gasteiger partial charge in [0.1, 0.15) is 0 Å².